The molecule has 2 heterocycles. The zero-order valence-electron chi connectivity index (χ0n) is 13.7. The molecule has 6 heteroatoms. The Labute approximate surface area is 140 Å². The number of nitrogens with one attached hydrogen (secondary N) is 1. The quantitative estimate of drug-likeness (QED) is 0.710. The summed E-state index contributed by atoms with van der Waals surface area (Å²) in [6.07, 6.45) is 5.07. The molecule has 6 nitrogen and oxygen atoms in total. The first kappa shape index (κ1) is 14.9. The summed E-state index contributed by atoms with van der Waals surface area (Å²) in [5.74, 6) is 2.67. The van der Waals surface area contributed by atoms with Gasteiger partial charge >= 0.3 is 0 Å². The van der Waals surface area contributed by atoms with Crippen LogP contribution in [0.15, 0.2) is 34.9 Å². The molecule has 0 atom stereocenters. The number of ether oxygens (including phenoxy) is 1. The van der Waals surface area contributed by atoms with Crippen molar-refractivity contribution in [1.29, 1.82) is 0 Å². The Morgan fingerprint density at radius 3 is 3.00 bits per heavy atom. The normalized spacial score (nSPS) is 14.0. The number of fused-ring (bicyclic) bond motifs is 1. The second-order valence-corrected chi connectivity index (χ2v) is 6.02. The Bertz CT molecular complexity index is 842. The molecule has 1 saturated carbocycles. The molecule has 1 N–H and O–H groups in total. The topological polar surface area (TPSA) is 73.1 Å². The summed E-state index contributed by atoms with van der Waals surface area (Å²) in [5.41, 5.74) is 1.84. The van der Waals surface area contributed by atoms with E-state index >= 15 is 0 Å². The van der Waals surface area contributed by atoms with Crippen molar-refractivity contribution >= 4 is 16.6 Å². The third kappa shape index (κ3) is 3.04. The highest BCUT2D eigenvalue weighted by molar-refractivity contribution is 5.94. The van der Waals surface area contributed by atoms with Crippen molar-refractivity contribution in [2.24, 2.45) is 0 Å². The van der Waals surface area contributed by atoms with E-state index in [0.29, 0.717) is 25.0 Å². The standard InChI is InChI=1S/C18H20N4O2/c1-2-10-23-15-5-3-4-13-14(8-9-19-17(13)15)20-11-16-21-22-18(24-16)12-6-7-12/h3-5,8-9,12H,2,6-7,10-11H2,1H3,(H,19,20). The first-order valence-electron chi connectivity index (χ1n) is 8.42. The van der Waals surface area contributed by atoms with E-state index in [9.17, 15) is 0 Å². The maximum absolute atomic E-state index is 5.79. The number of hydrogen-bond acceptors (Lipinski definition) is 6. The Kier molecular flexibility index (Phi) is 4.02. The smallest absolute Gasteiger partial charge is 0.235 e. The minimum atomic E-state index is 0.478. The molecule has 0 spiro atoms. The van der Waals surface area contributed by atoms with Crippen molar-refractivity contribution in [3.8, 4) is 5.75 Å². The molecule has 1 aliphatic rings. The van der Waals surface area contributed by atoms with Gasteiger partial charge in [0.15, 0.2) is 0 Å². The van der Waals surface area contributed by atoms with E-state index in [4.69, 9.17) is 9.15 Å². The maximum Gasteiger partial charge on any atom is 0.235 e. The molecule has 0 radical (unpaired) electrons. The second kappa shape index (κ2) is 6.47. The van der Waals surface area contributed by atoms with E-state index in [1.165, 1.54) is 0 Å². The summed E-state index contributed by atoms with van der Waals surface area (Å²) < 4.78 is 11.5. The largest absolute Gasteiger partial charge is 0.491 e. The molecule has 0 unspecified atom stereocenters. The van der Waals surface area contributed by atoms with Crippen LogP contribution in [0.4, 0.5) is 5.69 Å². The van der Waals surface area contributed by atoms with Crippen LogP contribution in [0.25, 0.3) is 10.9 Å². The first-order chi connectivity index (χ1) is 11.8. The maximum atomic E-state index is 5.79. The lowest BCUT2D eigenvalue weighted by molar-refractivity contribution is 0.320. The van der Waals surface area contributed by atoms with Gasteiger partial charge in [-0.3, -0.25) is 4.98 Å². The van der Waals surface area contributed by atoms with Crippen molar-refractivity contribution in [2.75, 3.05) is 11.9 Å². The average molecular weight is 324 g/mol. The SMILES string of the molecule is CCCOc1cccc2c(NCc3nnc(C4CC4)o3)ccnc12. The van der Waals surface area contributed by atoms with E-state index in [1.54, 1.807) is 6.20 Å². The number of hydrogen-bond donors (Lipinski definition) is 1. The van der Waals surface area contributed by atoms with Crippen LogP contribution in [0, 0.1) is 0 Å². The lowest BCUT2D eigenvalue weighted by Crippen LogP contribution is -2.02. The van der Waals surface area contributed by atoms with Gasteiger partial charge in [0.1, 0.15) is 11.3 Å². The van der Waals surface area contributed by atoms with Crippen LogP contribution in [-0.2, 0) is 6.54 Å². The fourth-order valence-corrected chi connectivity index (χ4v) is 2.64. The number of para-hydroxylation sites is 1. The number of aromatic nitrogens is 3. The number of pyridine rings is 1. The Hall–Kier alpha value is -2.63. The third-order valence-electron chi connectivity index (χ3n) is 4.03. The number of nitrogens with zero attached hydrogens (tertiary/aromatic N) is 3. The van der Waals surface area contributed by atoms with Crippen LogP contribution in [0.3, 0.4) is 0 Å². The van der Waals surface area contributed by atoms with Crippen molar-refractivity contribution < 1.29 is 9.15 Å². The van der Waals surface area contributed by atoms with Gasteiger partial charge in [0.2, 0.25) is 11.8 Å². The number of benzene rings is 1. The molecule has 2 aromatic heterocycles. The fraction of sp³-hybridized carbons (Fsp3) is 0.389. The zero-order valence-corrected chi connectivity index (χ0v) is 13.7. The number of anilines is 1. The van der Waals surface area contributed by atoms with Crippen LogP contribution in [0.1, 0.15) is 43.9 Å². The van der Waals surface area contributed by atoms with Crippen LogP contribution < -0.4 is 10.1 Å². The summed E-state index contributed by atoms with van der Waals surface area (Å²) in [7, 11) is 0. The average Bonchev–Trinajstić information content (AvgIpc) is 3.36. The molecule has 1 aromatic carbocycles. The highest BCUT2D eigenvalue weighted by Crippen LogP contribution is 2.39. The predicted molar refractivity (Wildman–Crippen MR) is 91.1 cm³/mol. The summed E-state index contributed by atoms with van der Waals surface area (Å²) in [4.78, 5) is 4.47. The highest BCUT2D eigenvalue weighted by Gasteiger charge is 2.29. The lowest BCUT2D eigenvalue weighted by atomic mass is 10.1. The molecule has 0 bridgehead atoms. The van der Waals surface area contributed by atoms with Crippen LogP contribution in [0.2, 0.25) is 0 Å². The molecule has 4 rings (SSSR count). The van der Waals surface area contributed by atoms with E-state index in [0.717, 1.165) is 47.5 Å². The van der Waals surface area contributed by atoms with E-state index in [-0.39, 0.29) is 0 Å². The van der Waals surface area contributed by atoms with Gasteiger partial charge in [-0.15, -0.1) is 10.2 Å². The van der Waals surface area contributed by atoms with Crippen molar-refractivity contribution in [1.82, 2.24) is 15.2 Å². The molecule has 1 aliphatic carbocycles. The van der Waals surface area contributed by atoms with Crippen LogP contribution >= 0.6 is 0 Å². The Morgan fingerprint density at radius 2 is 2.17 bits per heavy atom. The minimum Gasteiger partial charge on any atom is -0.491 e. The zero-order chi connectivity index (χ0) is 16.4. The monoisotopic (exact) mass is 324 g/mol. The van der Waals surface area contributed by atoms with E-state index < -0.39 is 0 Å². The molecular formula is C18H20N4O2. The van der Waals surface area contributed by atoms with Gasteiger partial charge in [0.05, 0.1) is 13.2 Å². The van der Waals surface area contributed by atoms with Gasteiger partial charge < -0.3 is 14.5 Å². The summed E-state index contributed by atoms with van der Waals surface area (Å²) >= 11 is 0. The fourth-order valence-electron chi connectivity index (χ4n) is 2.64. The van der Waals surface area contributed by atoms with Gasteiger partial charge in [-0.05, 0) is 31.4 Å². The Morgan fingerprint density at radius 1 is 1.25 bits per heavy atom. The summed E-state index contributed by atoms with van der Waals surface area (Å²) in [6, 6.07) is 7.92. The molecule has 0 saturated heterocycles. The minimum absolute atomic E-state index is 0.478. The molecule has 0 amide bonds. The Balaban J connectivity index is 1.54. The lowest BCUT2D eigenvalue weighted by Gasteiger charge is -2.11. The summed E-state index contributed by atoms with van der Waals surface area (Å²) in [6.45, 7) is 3.27. The van der Waals surface area contributed by atoms with E-state index in [2.05, 4.69) is 27.4 Å². The number of rotatable bonds is 7. The second-order valence-electron chi connectivity index (χ2n) is 6.02. The van der Waals surface area contributed by atoms with Gasteiger partial charge in [-0.2, -0.15) is 0 Å². The van der Waals surface area contributed by atoms with Crippen molar-refractivity contribution in [3.05, 3.63) is 42.2 Å². The highest BCUT2D eigenvalue weighted by atomic mass is 16.5. The van der Waals surface area contributed by atoms with Crippen molar-refractivity contribution in [2.45, 2.75) is 38.6 Å². The molecular weight excluding hydrogens is 304 g/mol. The van der Waals surface area contributed by atoms with Crippen LogP contribution in [-0.4, -0.2) is 21.8 Å². The first-order valence-corrected chi connectivity index (χ1v) is 8.42. The van der Waals surface area contributed by atoms with Crippen LogP contribution in [0.5, 0.6) is 5.75 Å². The third-order valence-corrected chi connectivity index (χ3v) is 4.03. The van der Waals surface area contributed by atoms with Gasteiger partial charge in [-0.1, -0.05) is 19.1 Å². The summed E-state index contributed by atoms with van der Waals surface area (Å²) in [5, 5.41) is 12.6. The van der Waals surface area contributed by atoms with Gasteiger partial charge in [0, 0.05) is 23.2 Å². The van der Waals surface area contributed by atoms with E-state index in [1.807, 2.05) is 24.3 Å². The molecule has 0 aliphatic heterocycles. The predicted octanol–water partition coefficient (Wildman–Crippen LogP) is 3.90. The van der Waals surface area contributed by atoms with Crippen molar-refractivity contribution in [3.63, 3.8) is 0 Å². The van der Waals surface area contributed by atoms with Gasteiger partial charge in [-0.25, -0.2) is 0 Å². The molecule has 3 aromatic rings. The molecule has 24 heavy (non-hydrogen) atoms. The van der Waals surface area contributed by atoms with Gasteiger partial charge in [0.25, 0.3) is 0 Å². The molecule has 1 fully saturated rings. The molecule has 124 valence electrons.